The van der Waals surface area contributed by atoms with Crippen molar-refractivity contribution in [3.8, 4) is 0 Å². The van der Waals surface area contributed by atoms with E-state index in [0.29, 0.717) is 38.5 Å². The highest BCUT2D eigenvalue weighted by atomic mass is 35.5. The molecule has 3 aromatic rings. The molecule has 1 aromatic heterocycles. The number of nitrogen functional groups attached to an aromatic ring is 1. The van der Waals surface area contributed by atoms with Crippen molar-refractivity contribution in [3.63, 3.8) is 0 Å². The average molecular weight is 339 g/mol. The molecule has 0 atom stereocenters. The summed E-state index contributed by atoms with van der Waals surface area (Å²) in [4.78, 5) is 21.4. The fraction of sp³-hybridized carbons (Fsp3) is 0.0556. The number of allylic oxidation sites excluding steroid dienone is 1. The van der Waals surface area contributed by atoms with E-state index in [4.69, 9.17) is 23.1 Å². The molecule has 0 aliphatic rings. The van der Waals surface area contributed by atoms with Crippen molar-refractivity contribution in [3.05, 3.63) is 63.5 Å². The lowest BCUT2D eigenvalue weighted by molar-refractivity contribution is 1.39. The van der Waals surface area contributed by atoms with Gasteiger partial charge in [-0.1, -0.05) is 23.7 Å². The fourth-order valence-corrected chi connectivity index (χ4v) is 2.84. The zero-order chi connectivity index (χ0) is 17.3. The minimum Gasteiger partial charge on any atom is -0.404 e. The highest BCUT2D eigenvalue weighted by Gasteiger charge is 2.10. The van der Waals surface area contributed by atoms with E-state index < -0.39 is 0 Å². The number of benzene rings is 1. The molecule has 2 aromatic carbocycles. The summed E-state index contributed by atoms with van der Waals surface area (Å²) in [6.07, 6.45) is 4.69. The van der Waals surface area contributed by atoms with E-state index in [1.54, 1.807) is 43.7 Å². The molecule has 0 saturated heterocycles. The topological polar surface area (TPSA) is 94.4 Å². The second-order valence-electron chi connectivity index (χ2n) is 5.26. The lowest BCUT2D eigenvalue weighted by Gasteiger charge is -2.02. The smallest absolute Gasteiger partial charge is 0.197 e. The van der Waals surface area contributed by atoms with E-state index in [0.717, 1.165) is 0 Å². The van der Waals surface area contributed by atoms with Gasteiger partial charge in [0.25, 0.3) is 0 Å². The molecule has 0 spiro atoms. The Morgan fingerprint density at radius 2 is 2.04 bits per heavy atom. The van der Waals surface area contributed by atoms with Crippen LogP contribution < -0.4 is 16.9 Å². The van der Waals surface area contributed by atoms with Crippen LogP contribution in [0, 0.1) is 0 Å². The van der Waals surface area contributed by atoms with Crippen LogP contribution in [0.15, 0.2) is 52.5 Å². The van der Waals surface area contributed by atoms with E-state index >= 15 is 0 Å². The van der Waals surface area contributed by atoms with Crippen LogP contribution in [-0.2, 0) is 0 Å². The van der Waals surface area contributed by atoms with Gasteiger partial charge in [-0.15, -0.1) is 0 Å². The second kappa shape index (κ2) is 6.29. The largest absolute Gasteiger partial charge is 0.404 e. The zero-order valence-corrected chi connectivity index (χ0v) is 13.7. The molecule has 1 heterocycles. The van der Waals surface area contributed by atoms with Crippen molar-refractivity contribution in [1.29, 1.82) is 0 Å². The highest BCUT2D eigenvalue weighted by molar-refractivity contribution is 6.38. The molecule has 6 heteroatoms. The molecule has 3 rings (SSSR count). The van der Waals surface area contributed by atoms with Crippen LogP contribution in [0.5, 0.6) is 0 Å². The second-order valence-corrected chi connectivity index (χ2v) is 5.64. The number of halogens is 1. The number of aliphatic imine (C=N–C) groups is 1. The van der Waals surface area contributed by atoms with Crippen molar-refractivity contribution in [2.75, 3.05) is 12.8 Å². The monoisotopic (exact) mass is 338 g/mol. The molecule has 0 aliphatic heterocycles. The van der Waals surface area contributed by atoms with E-state index in [1.807, 2.05) is 6.07 Å². The molecular formula is C18H15ClN4O. The minimum absolute atomic E-state index is 0.221. The van der Waals surface area contributed by atoms with Gasteiger partial charge in [0.15, 0.2) is 5.43 Å². The molecule has 5 nitrogen and oxygen atoms in total. The summed E-state index contributed by atoms with van der Waals surface area (Å²) >= 11 is 6.27. The van der Waals surface area contributed by atoms with Gasteiger partial charge in [-0.3, -0.25) is 14.8 Å². The Balaban J connectivity index is 2.45. The molecule has 0 amide bonds. The summed E-state index contributed by atoms with van der Waals surface area (Å²) in [5.41, 5.74) is 13.6. The van der Waals surface area contributed by atoms with Crippen molar-refractivity contribution in [2.24, 2.45) is 10.7 Å². The fourth-order valence-electron chi connectivity index (χ4n) is 2.58. The van der Waals surface area contributed by atoms with Crippen LogP contribution in [0.25, 0.3) is 27.2 Å². The van der Waals surface area contributed by atoms with Crippen LogP contribution in [0.2, 0.25) is 5.02 Å². The first-order valence-corrected chi connectivity index (χ1v) is 7.60. The SMILES string of the molecule is CN=CC(=CN)c1cnc2ccc3ccc(N)c(Cl)c3c(=O)c2c1. The quantitative estimate of drug-likeness (QED) is 0.554. The number of rotatable bonds is 2. The maximum atomic E-state index is 13.0. The lowest BCUT2D eigenvalue weighted by atomic mass is 10.1. The summed E-state index contributed by atoms with van der Waals surface area (Å²) < 4.78 is 0. The maximum absolute atomic E-state index is 13.0. The summed E-state index contributed by atoms with van der Waals surface area (Å²) in [5.74, 6) is 0. The van der Waals surface area contributed by atoms with Gasteiger partial charge in [-0.25, -0.2) is 0 Å². The average Bonchev–Trinajstić information content (AvgIpc) is 2.73. The van der Waals surface area contributed by atoms with Gasteiger partial charge in [0.2, 0.25) is 0 Å². The molecule has 0 unspecified atom stereocenters. The number of fused-ring (bicyclic) bond motifs is 2. The Morgan fingerprint density at radius 3 is 2.75 bits per heavy atom. The van der Waals surface area contributed by atoms with Gasteiger partial charge in [0.1, 0.15) is 0 Å². The zero-order valence-electron chi connectivity index (χ0n) is 13.0. The van der Waals surface area contributed by atoms with Crippen LogP contribution >= 0.6 is 11.6 Å². The Hall–Kier alpha value is -2.92. The third-order valence-electron chi connectivity index (χ3n) is 3.80. The number of anilines is 1. The lowest BCUT2D eigenvalue weighted by Crippen LogP contribution is -2.02. The van der Waals surface area contributed by atoms with Crippen molar-refractivity contribution < 1.29 is 0 Å². The Labute approximate surface area is 143 Å². The van der Waals surface area contributed by atoms with Crippen molar-refractivity contribution >= 4 is 50.8 Å². The van der Waals surface area contributed by atoms with E-state index in [9.17, 15) is 4.79 Å². The minimum atomic E-state index is -0.221. The summed E-state index contributed by atoms with van der Waals surface area (Å²) in [6.45, 7) is 0. The first kappa shape index (κ1) is 16.0. The van der Waals surface area contributed by atoms with Gasteiger partial charge in [-0.05, 0) is 23.6 Å². The van der Waals surface area contributed by atoms with Gasteiger partial charge in [-0.2, -0.15) is 0 Å². The van der Waals surface area contributed by atoms with Crippen LogP contribution in [0.3, 0.4) is 0 Å². The number of pyridine rings is 1. The van der Waals surface area contributed by atoms with E-state index in [2.05, 4.69) is 9.98 Å². The first-order valence-electron chi connectivity index (χ1n) is 7.22. The number of aromatic nitrogens is 1. The first-order chi connectivity index (χ1) is 11.6. The molecule has 120 valence electrons. The molecule has 0 bridgehead atoms. The molecule has 0 fully saturated rings. The predicted molar refractivity (Wildman–Crippen MR) is 102 cm³/mol. The molecular weight excluding hydrogens is 324 g/mol. The molecule has 4 N–H and O–H groups in total. The Morgan fingerprint density at radius 1 is 1.29 bits per heavy atom. The Bertz CT molecular complexity index is 1070. The summed E-state index contributed by atoms with van der Waals surface area (Å²) in [5, 5.41) is 1.79. The highest BCUT2D eigenvalue weighted by Crippen LogP contribution is 2.27. The number of nitrogens with two attached hydrogens (primary N) is 2. The third kappa shape index (κ3) is 2.59. The normalized spacial score (nSPS) is 12.3. The molecule has 0 radical (unpaired) electrons. The van der Waals surface area contributed by atoms with Gasteiger partial charge >= 0.3 is 0 Å². The van der Waals surface area contributed by atoms with Gasteiger partial charge < -0.3 is 11.5 Å². The van der Waals surface area contributed by atoms with Crippen molar-refractivity contribution in [1.82, 2.24) is 4.98 Å². The predicted octanol–water partition coefficient (Wildman–Crippen LogP) is 2.98. The van der Waals surface area contributed by atoms with E-state index in [-0.39, 0.29) is 10.5 Å². The summed E-state index contributed by atoms with van der Waals surface area (Å²) in [6, 6.07) is 8.79. The van der Waals surface area contributed by atoms with Gasteiger partial charge in [0.05, 0.1) is 21.6 Å². The van der Waals surface area contributed by atoms with Gasteiger partial charge in [0, 0.05) is 42.2 Å². The van der Waals surface area contributed by atoms with Crippen molar-refractivity contribution in [2.45, 2.75) is 0 Å². The standard InChI is InChI=1S/C18H15ClN4O/c1-22-8-12(7-20)11-6-13-15(23-9-11)5-3-10-2-4-14(21)17(19)16(10)18(13)24/h2-9H,20-21H2,1H3. The maximum Gasteiger partial charge on any atom is 0.197 e. The molecule has 0 aliphatic carbocycles. The van der Waals surface area contributed by atoms with Crippen LogP contribution in [0.4, 0.5) is 5.69 Å². The number of hydrogen-bond donors (Lipinski definition) is 2. The Kier molecular flexibility index (Phi) is 4.18. The third-order valence-corrected chi connectivity index (χ3v) is 4.20. The molecule has 0 saturated carbocycles. The number of nitrogens with zero attached hydrogens (tertiary/aromatic N) is 2. The summed E-state index contributed by atoms with van der Waals surface area (Å²) in [7, 11) is 1.65. The molecule has 24 heavy (non-hydrogen) atoms. The van der Waals surface area contributed by atoms with E-state index in [1.165, 1.54) is 6.20 Å². The number of hydrogen-bond acceptors (Lipinski definition) is 5. The van der Waals surface area contributed by atoms with Crippen LogP contribution in [0.1, 0.15) is 5.56 Å². The van der Waals surface area contributed by atoms with Crippen LogP contribution in [-0.4, -0.2) is 18.2 Å².